The third kappa shape index (κ3) is 4.11. The first-order valence-corrected chi connectivity index (χ1v) is 8.33. The van der Waals surface area contributed by atoms with Gasteiger partial charge in [0.25, 0.3) is 0 Å². The Labute approximate surface area is 148 Å². The van der Waals surface area contributed by atoms with Crippen LogP contribution < -0.4 is 15.4 Å². The van der Waals surface area contributed by atoms with E-state index in [1.54, 1.807) is 7.11 Å². The van der Waals surface area contributed by atoms with E-state index in [1.807, 2.05) is 18.2 Å². The highest BCUT2D eigenvalue weighted by Crippen LogP contribution is 2.58. The number of hydrogen-bond donors (Lipinski definition) is 2. The lowest BCUT2D eigenvalue weighted by atomic mass is 9.92. The molecule has 2 N–H and O–H groups in total. The maximum absolute atomic E-state index is 12.3. The van der Waals surface area contributed by atoms with Crippen molar-refractivity contribution in [3.05, 3.63) is 28.8 Å². The summed E-state index contributed by atoms with van der Waals surface area (Å²) >= 11 is 6.22. The van der Waals surface area contributed by atoms with Crippen molar-refractivity contribution < 1.29 is 9.53 Å². The van der Waals surface area contributed by atoms with E-state index in [0.717, 1.165) is 50.1 Å². The zero-order chi connectivity index (χ0) is 15.6. The Hall–Kier alpha value is -0.970. The van der Waals surface area contributed by atoms with Crippen LogP contribution in [0, 0.1) is 11.3 Å². The average molecular weight is 359 g/mol. The molecule has 1 saturated carbocycles. The summed E-state index contributed by atoms with van der Waals surface area (Å²) in [4.78, 5) is 12.3. The van der Waals surface area contributed by atoms with Crippen LogP contribution in [-0.2, 0) is 11.2 Å². The molecule has 0 bridgehead atoms. The molecule has 1 unspecified atom stereocenters. The van der Waals surface area contributed by atoms with Gasteiger partial charge in [0, 0.05) is 17.5 Å². The van der Waals surface area contributed by atoms with Crippen LogP contribution in [0.1, 0.15) is 24.8 Å². The number of piperidine rings is 1. The van der Waals surface area contributed by atoms with Crippen molar-refractivity contribution in [2.24, 2.45) is 11.3 Å². The standard InChI is InChI=1S/C17H23ClN2O2.ClH/c1-22-13-3-2-12(15(18)10-13)4-7-20-16(21)14-11-17(14)5-8-19-9-6-17;/h2-3,10,14,19H,4-9,11H2,1H3,(H,20,21);1H. The lowest BCUT2D eigenvalue weighted by Gasteiger charge is -2.23. The number of carbonyl (C=O) groups is 1. The van der Waals surface area contributed by atoms with E-state index < -0.39 is 0 Å². The highest BCUT2D eigenvalue weighted by molar-refractivity contribution is 6.31. The minimum absolute atomic E-state index is 0. The molecule has 128 valence electrons. The summed E-state index contributed by atoms with van der Waals surface area (Å²) in [5.41, 5.74) is 1.34. The number of amides is 1. The van der Waals surface area contributed by atoms with E-state index in [0.29, 0.717) is 17.0 Å². The number of halogens is 2. The monoisotopic (exact) mass is 358 g/mol. The van der Waals surface area contributed by atoms with Gasteiger partial charge in [0.15, 0.2) is 0 Å². The molecule has 6 heteroatoms. The highest BCUT2D eigenvalue weighted by Gasteiger charge is 2.57. The summed E-state index contributed by atoms with van der Waals surface area (Å²) < 4.78 is 5.14. The molecular formula is C17H24Cl2N2O2. The van der Waals surface area contributed by atoms with Crippen LogP contribution in [0.25, 0.3) is 0 Å². The van der Waals surface area contributed by atoms with Gasteiger partial charge < -0.3 is 15.4 Å². The maximum Gasteiger partial charge on any atom is 0.223 e. The molecule has 1 saturated heterocycles. The predicted molar refractivity (Wildman–Crippen MR) is 94.6 cm³/mol. The van der Waals surface area contributed by atoms with E-state index in [4.69, 9.17) is 16.3 Å². The Kier molecular flexibility index (Phi) is 6.18. The van der Waals surface area contributed by atoms with Gasteiger partial charge >= 0.3 is 0 Å². The Morgan fingerprint density at radius 3 is 2.83 bits per heavy atom. The number of ether oxygens (including phenoxy) is 1. The summed E-state index contributed by atoms with van der Waals surface area (Å²) in [6.07, 6.45) is 4.07. The van der Waals surface area contributed by atoms with Crippen molar-refractivity contribution in [2.45, 2.75) is 25.7 Å². The molecule has 1 amide bonds. The van der Waals surface area contributed by atoms with Crippen molar-refractivity contribution >= 4 is 29.9 Å². The molecule has 1 aromatic carbocycles. The second-order valence-corrected chi connectivity index (χ2v) is 6.77. The van der Waals surface area contributed by atoms with Crippen molar-refractivity contribution in [3.8, 4) is 5.75 Å². The summed E-state index contributed by atoms with van der Waals surface area (Å²) in [5.74, 6) is 1.19. The fourth-order valence-corrected chi connectivity index (χ4v) is 3.76. The van der Waals surface area contributed by atoms with Gasteiger partial charge in [-0.05, 0) is 61.9 Å². The molecule has 1 aliphatic carbocycles. The van der Waals surface area contributed by atoms with Crippen LogP contribution in [0.2, 0.25) is 5.02 Å². The number of benzene rings is 1. The van der Waals surface area contributed by atoms with Gasteiger partial charge in [0.2, 0.25) is 5.91 Å². The Morgan fingerprint density at radius 2 is 2.17 bits per heavy atom. The highest BCUT2D eigenvalue weighted by atomic mass is 35.5. The molecule has 0 aromatic heterocycles. The van der Waals surface area contributed by atoms with Crippen molar-refractivity contribution in [2.75, 3.05) is 26.7 Å². The predicted octanol–water partition coefficient (Wildman–Crippen LogP) is 2.82. The van der Waals surface area contributed by atoms with E-state index in [2.05, 4.69) is 10.6 Å². The first-order valence-electron chi connectivity index (χ1n) is 7.95. The SMILES string of the molecule is COc1ccc(CCNC(=O)C2CC23CCNCC3)c(Cl)c1.Cl. The Bertz CT molecular complexity index is 560. The zero-order valence-electron chi connectivity index (χ0n) is 13.4. The van der Waals surface area contributed by atoms with Crippen molar-refractivity contribution in [3.63, 3.8) is 0 Å². The van der Waals surface area contributed by atoms with Gasteiger partial charge in [-0.2, -0.15) is 0 Å². The average Bonchev–Trinajstić information content (AvgIpc) is 3.22. The number of nitrogens with one attached hydrogen (secondary N) is 2. The normalized spacial score (nSPS) is 21.4. The minimum Gasteiger partial charge on any atom is -0.497 e. The summed E-state index contributed by atoms with van der Waals surface area (Å²) in [6.45, 7) is 2.73. The molecule has 1 atom stereocenters. The summed E-state index contributed by atoms with van der Waals surface area (Å²) in [6, 6.07) is 5.66. The number of hydrogen-bond acceptors (Lipinski definition) is 3. The van der Waals surface area contributed by atoms with E-state index >= 15 is 0 Å². The van der Waals surface area contributed by atoms with Crippen molar-refractivity contribution in [1.29, 1.82) is 0 Å². The van der Waals surface area contributed by atoms with Crippen LogP contribution in [0.5, 0.6) is 5.75 Å². The fraction of sp³-hybridized carbons (Fsp3) is 0.588. The van der Waals surface area contributed by atoms with Crippen molar-refractivity contribution in [1.82, 2.24) is 10.6 Å². The lowest BCUT2D eigenvalue weighted by molar-refractivity contribution is -0.123. The molecule has 1 spiro atoms. The lowest BCUT2D eigenvalue weighted by Crippen LogP contribution is -2.34. The van der Waals surface area contributed by atoms with Gasteiger partial charge in [-0.25, -0.2) is 0 Å². The fourth-order valence-electron chi connectivity index (χ4n) is 3.50. The number of rotatable bonds is 5. The molecule has 3 rings (SSSR count). The Balaban J connectivity index is 0.00000192. The third-order valence-corrected chi connectivity index (χ3v) is 5.41. The van der Waals surface area contributed by atoms with E-state index in [1.165, 1.54) is 0 Å². The molecular weight excluding hydrogens is 335 g/mol. The van der Waals surface area contributed by atoms with Gasteiger partial charge in [-0.3, -0.25) is 4.79 Å². The van der Waals surface area contributed by atoms with Gasteiger partial charge in [0.1, 0.15) is 5.75 Å². The number of methoxy groups -OCH3 is 1. The second-order valence-electron chi connectivity index (χ2n) is 6.37. The van der Waals surface area contributed by atoms with Crippen LogP contribution in [0.15, 0.2) is 18.2 Å². The summed E-state index contributed by atoms with van der Waals surface area (Å²) in [7, 11) is 1.62. The van der Waals surface area contributed by atoms with E-state index in [9.17, 15) is 4.79 Å². The van der Waals surface area contributed by atoms with Crippen LogP contribution in [0.3, 0.4) is 0 Å². The molecule has 2 aliphatic rings. The smallest absolute Gasteiger partial charge is 0.223 e. The van der Waals surface area contributed by atoms with E-state index in [-0.39, 0.29) is 24.2 Å². The molecule has 1 aromatic rings. The van der Waals surface area contributed by atoms with Crippen LogP contribution >= 0.6 is 24.0 Å². The first kappa shape index (κ1) is 18.4. The number of carbonyl (C=O) groups excluding carboxylic acids is 1. The van der Waals surface area contributed by atoms with Gasteiger partial charge in [-0.1, -0.05) is 17.7 Å². The molecule has 1 aliphatic heterocycles. The molecule has 23 heavy (non-hydrogen) atoms. The van der Waals surface area contributed by atoms with Crippen LogP contribution in [-0.4, -0.2) is 32.7 Å². The molecule has 1 heterocycles. The van der Waals surface area contributed by atoms with Gasteiger partial charge in [-0.15, -0.1) is 12.4 Å². The zero-order valence-corrected chi connectivity index (χ0v) is 14.9. The first-order chi connectivity index (χ1) is 10.6. The third-order valence-electron chi connectivity index (χ3n) is 5.06. The quantitative estimate of drug-likeness (QED) is 0.850. The van der Waals surface area contributed by atoms with Crippen LogP contribution in [0.4, 0.5) is 0 Å². The molecule has 2 fully saturated rings. The maximum atomic E-state index is 12.3. The Morgan fingerprint density at radius 1 is 1.43 bits per heavy atom. The van der Waals surface area contributed by atoms with Gasteiger partial charge in [0.05, 0.1) is 7.11 Å². The topological polar surface area (TPSA) is 50.4 Å². The molecule has 4 nitrogen and oxygen atoms in total. The second kappa shape index (κ2) is 7.73. The largest absolute Gasteiger partial charge is 0.497 e. The minimum atomic E-state index is 0. The summed E-state index contributed by atoms with van der Waals surface area (Å²) in [5, 5.41) is 7.12. The molecule has 0 radical (unpaired) electrons.